The van der Waals surface area contributed by atoms with Crippen molar-refractivity contribution in [2.75, 3.05) is 13.6 Å². The summed E-state index contributed by atoms with van der Waals surface area (Å²) in [5.74, 6) is 0. The van der Waals surface area contributed by atoms with E-state index in [1.165, 1.54) is 4.90 Å². The molecule has 4 nitrogen and oxygen atoms in total. The Morgan fingerprint density at radius 2 is 2.08 bits per heavy atom. The van der Waals surface area contributed by atoms with Crippen molar-refractivity contribution >= 4 is 6.09 Å². The second-order valence-electron chi connectivity index (χ2n) is 3.81. The third-order valence-electron chi connectivity index (χ3n) is 1.26. The monoisotopic (exact) mass is 184 g/mol. The summed E-state index contributed by atoms with van der Waals surface area (Å²) in [6, 6.07) is 1.97. The van der Waals surface area contributed by atoms with Crippen LogP contribution in [0.15, 0.2) is 0 Å². The first-order chi connectivity index (χ1) is 5.87. The van der Waals surface area contributed by atoms with Crippen LogP contribution in [-0.4, -0.2) is 30.2 Å². The number of nitrogens with zero attached hydrogens (tertiary/aromatic N) is 2. The molecule has 0 saturated heterocycles. The van der Waals surface area contributed by atoms with Gasteiger partial charge in [0, 0.05) is 13.6 Å². The van der Waals surface area contributed by atoms with Gasteiger partial charge < -0.3 is 9.64 Å². The highest BCUT2D eigenvalue weighted by Crippen LogP contribution is 2.08. The van der Waals surface area contributed by atoms with Crippen LogP contribution < -0.4 is 0 Å². The van der Waals surface area contributed by atoms with Crippen molar-refractivity contribution in [3.8, 4) is 6.07 Å². The Kier molecular flexibility index (Phi) is 4.26. The number of amides is 1. The molecule has 0 radical (unpaired) electrons. The highest BCUT2D eigenvalue weighted by Gasteiger charge is 2.18. The summed E-state index contributed by atoms with van der Waals surface area (Å²) in [6.07, 6.45) is -0.0572. The first-order valence-electron chi connectivity index (χ1n) is 4.18. The van der Waals surface area contributed by atoms with E-state index in [2.05, 4.69) is 0 Å². The van der Waals surface area contributed by atoms with Crippen molar-refractivity contribution in [1.29, 1.82) is 5.26 Å². The Bertz CT molecular complexity index is 213. The summed E-state index contributed by atoms with van der Waals surface area (Å²) in [6.45, 7) is 5.83. The number of carbonyl (C=O) groups is 1. The van der Waals surface area contributed by atoms with E-state index in [1.807, 2.05) is 26.8 Å². The lowest BCUT2D eigenvalue weighted by molar-refractivity contribution is 0.0302. The van der Waals surface area contributed by atoms with Crippen LogP contribution in [0.3, 0.4) is 0 Å². The Morgan fingerprint density at radius 1 is 1.54 bits per heavy atom. The van der Waals surface area contributed by atoms with Gasteiger partial charge in [0.15, 0.2) is 0 Å². The van der Waals surface area contributed by atoms with E-state index >= 15 is 0 Å². The molecule has 0 fully saturated rings. The van der Waals surface area contributed by atoms with Crippen LogP contribution in [0.4, 0.5) is 4.79 Å². The normalized spacial score (nSPS) is 10.4. The fourth-order valence-corrected chi connectivity index (χ4v) is 0.649. The van der Waals surface area contributed by atoms with Gasteiger partial charge in [-0.05, 0) is 20.8 Å². The number of rotatable bonds is 2. The fourth-order valence-electron chi connectivity index (χ4n) is 0.649. The molecule has 0 aliphatic carbocycles. The van der Waals surface area contributed by atoms with Crippen molar-refractivity contribution in [3.05, 3.63) is 0 Å². The Labute approximate surface area is 79.1 Å². The summed E-state index contributed by atoms with van der Waals surface area (Å²) < 4.78 is 5.07. The number of carbonyl (C=O) groups excluding carboxylic acids is 1. The second kappa shape index (κ2) is 4.70. The largest absolute Gasteiger partial charge is 0.444 e. The van der Waals surface area contributed by atoms with Gasteiger partial charge in [0.05, 0.1) is 12.5 Å². The van der Waals surface area contributed by atoms with Gasteiger partial charge in [0.1, 0.15) is 5.60 Å². The van der Waals surface area contributed by atoms with Crippen LogP contribution >= 0.6 is 0 Å². The molecule has 0 N–H and O–H groups in total. The average molecular weight is 184 g/mol. The van der Waals surface area contributed by atoms with Gasteiger partial charge in [-0.25, -0.2) is 4.79 Å². The molecule has 0 spiro atoms. The Morgan fingerprint density at radius 3 is 2.46 bits per heavy atom. The minimum absolute atomic E-state index is 0.329. The lowest BCUT2D eigenvalue weighted by atomic mass is 10.2. The van der Waals surface area contributed by atoms with Gasteiger partial charge in [-0.1, -0.05) is 0 Å². The van der Waals surface area contributed by atoms with Crippen LogP contribution in [0.2, 0.25) is 0 Å². The molecule has 0 aromatic rings. The smallest absolute Gasteiger partial charge is 0.410 e. The SMILES string of the molecule is CN(CCC#N)C(=O)OC(C)(C)C. The molecular formula is C9H16N2O2. The Hall–Kier alpha value is -1.24. The number of hydrogen-bond acceptors (Lipinski definition) is 3. The molecular weight excluding hydrogens is 168 g/mol. The number of ether oxygens (including phenoxy) is 1. The highest BCUT2D eigenvalue weighted by atomic mass is 16.6. The predicted molar refractivity (Wildman–Crippen MR) is 49.1 cm³/mol. The molecule has 0 aromatic heterocycles. The molecule has 0 bridgehead atoms. The highest BCUT2D eigenvalue weighted by molar-refractivity contribution is 5.67. The first-order valence-corrected chi connectivity index (χ1v) is 4.18. The van der Waals surface area contributed by atoms with E-state index in [0.29, 0.717) is 13.0 Å². The second-order valence-corrected chi connectivity index (χ2v) is 3.81. The quantitative estimate of drug-likeness (QED) is 0.657. The average Bonchev–Trinajstić information content (AvgIpc) is 1.96. The van der Waals surface area contributed by atoms with E-state index in [1.54, 1.807) is 7.05 Å². The standard InChI is InChI=1S/C9H16N2O2/c1-9(2,3)13-8(12)11(4)7-5-6-10/h5,7H2,1-4H3. The minimum atomic E-state index is -0.474. The van der Waals surface area contributed by atoms with E-state index in [9.17, 15) is 4.79 Å². The zero-order valence-corrected chi connectivity index (χ0v) is 8.63. The molecule has 0 heterocycles. The number of nitriles is 1. The van der Waals surface area contributed by atoms with E-state index in [0.717, 1.165) is 0 Å². The van der Waals surface area contributed by atoms with Gasteiger partial charge >= 0.3 is 6.09 Å². The summed E-state index contributed by atoms with van der Waals surface area (Å²) in [4.78, 5) is 12.7. The van der Waals surface area contributed by atoms with Crippen molar-refractivity contribution in [1.82, 2.24) is 4.90 Å². The lowest BCUT2D eigenvalue weighted by Gasteiger charge is -2.23. The van der Waals surface area contributed by atoms with Gasteiger partial charge in [0.25, 0.3) is 0 Å². The van der Waals surface area contributed by atoms with Crippen molar-refractivity contribution in [2.24, 2.45) is 0 Å². The van der Waals surface area contributed by atoms with Crippen LogP contribution in [0.1, 0.15) is 27.2 Å². The van der Waals surface area contributed by atoms with Crippen LogP contribution in [0, 0.1) is 11.3 Å². The van der Waals surface area contributed by atoms with Gasteiger partial charge in [-0.15, -0.1) is 0 Å². The third-order valence-corrected chi connectivity index (χ3v) is 1.26. The predicted octanol–water partition coefficient (Wildman–Crippen LogP) is 1.77. The summed E-state index contributed by atoms with van der Waals surface area (Å²) in [5, 5.41) is 8.30. The van der Waals surface area contributed by atoms with E-state index in [4.69, 9.17) is 10.00 Å². The van der Waals surface area contributed by atoms with Gasteiger partial charge in [0.2, 0.25) is 0 Å². The van der Waals surface area contributed by atoms with Crippen molar-refractivity contribution < 1.29 is 9.53 Å². The fraction of sp³-hybridized carbons (Fsp3) is 0.778. The molecule has 13 heavy (non-hydrogen) atoms. The zero-order chi connectivity index (χ0) is 10.5. The molecule has 1 amide bonds. The zero-order valence-electron chi connectivity index (χ0n) is 8.63. The summed E-state index contributed by atoms with van der Waals surface area (Å²) in [5.41, 5.74) is -0.474. The van der Waals surface area contributed by atoms with E-state index in [-0.39, 0.29) is 6.09 Å². The van der Waals surface area contributed by atoms with E-state index < -0.39 is 5.60 Å². The summed E-state index contributed by atoms with van der Waals surface area (Å²) >= 11 is 0. The summed E-state index contributed by atoms with van der Waals surface area (Å²) in [7, 11) is 1.62. The van der Waals surface area contributed by atoms with Crippen LogP contribution in [0.5, 0.6) is 0 Å². The topological polar surface area (TPSA) is 53.3 Å². The minimum Gasteiger partial charge on any atom is -0.444 e. The van der Waals surface area contributed by atoms with Gasteiger partial charge in [-0.2, -0.15) is 5.26 Å². The van der Waals surface area contributed by atoms with Crippen molar-refractivity contribution in [3.63, 3.8) is 0 Å². The van der Waals surface area contributed by atoms with Crippen LogP contribution in [0.25, 0.3) is 0 Å². The first kappa shape index (κ1) is 11.8. The molecule has 0 rings (SSSR count). The maximum Gasteiger partial charge on any atom is 0.410 e. The molecule has 74 valence electrons. The molecule has 0 aliphatic rings. The maximum atomic E-state index is 11.3. The van der Waals surface area contributed by atoms with Crippen LogP contribution in [-0.2, 0) is 4.74 Å². The third kappa shape index (κ3) is 5.97. The lowest BCUT2D eigenvalue weighted by Crippen LogP contribution is -2.34. The maximum absolute atomic E-state index is 11.3. The molecule has 0 saturated carbocycles. The number of hydrogen-bond donors (Lipinski definition) is 0. The molecule has 0 aliphatic heterocycles. The Balaban J connectivity index is 3.91. The molecule has 0 unspecified atom stereocenters. The molecule has 4 heteroatoms. The van der Waals surface area contributed by atoms with Crippen molar-refractivity contribution in [2.45, 2.75) is 32.8 Å². The van der Waals surface area contributed by atoms with Gasteiger partial charge in [-0.3, -0.25) is 0 Å². The molecule has 0 atom stereocenters. The molecule has 0 aromatic carbocycles.